The van der Waals surface area contributed by atoms with E-state index in [2.05, 4.69) is 4.72 Å². The summed E-state index contributed by atoms with van der Waals surface area (Å²) < 4.78 is 31.0. The SMILES string of the molecule is COCC(CCO)NS(=O)(=O)CCC(C)(C)C. The van der Waals surface area contributed by atoms with Gasteiger partial charge in [0.1, 0.15) is 0 Å². The fourth-order valence-electron chi connectivity index (χ4n) is 1.29. The molecule has 0 spiro atoms. The maximum absolute atomic E-state index is 11.8. The smallest absolute Gasteiger partial charge is 0.211 e. The maximum atomic E-state index is 11.8. The summed E-state index contributed by atoms with van der Waals surface area (Å²) in [5.74, 6) is 0.0993. The molecule has 6 heteroatoms. The van der Waals surface area contributed by atoms with Gasteiger partial charge < -0.3 is 9.84 Å². The summed E-state index contributed by atoms with van der Waals surface area (Å²) in [7, 11) is -1.79. The molecule has 0 radical (unpaired) electrons. The fraction of sp³-hybridized carbons (Fsp3) is 1.00. The molecule has 1 unspecified atom stereocenters. The predicted molar refractivity (Wildman–Crippen MR) is 68.4 cm³/mol. The number of aliphatic hydroxyl groups excluding tert-OH is 1. The van der Waals surface area contributed by atoms with Crippen molar-refractivity contribution >= 4 is 10.0 Å². The predicted octanol–water partition coefficient (Wildman–Crippen LogP) is 0.739. The van der Waals surface area contributed by atoms with Crippen molar-refractivity contribution in [2.24, 2.45) is 5.41 Å². The second-order valence-electron chi connectivity index (χ2n) is 5.41. The van der Waals surface area contributed by atoms with Crippen molar-refractivity contribution in [3.63, 3.8) is 0 Å². The molecule has 0 aromatic rings. The van der Waals surface area contributed by atoms with Gasteiger partial charge in [0.05, 0.1) is 12.4 Å². The molecule has 0 aromatic carbocycles. The van der Waals surface area contributed by atoms with E-state index in [-0.39, 0.29) is 30.4 Å². The van der Waals surface area contributed by atoms with Crippen LogP contribution in [0.5, 0.6) is 0 Å². The summed E-state index contributed by atoms with van der Waals surface area (Å²) in [6.45, 7) is 6.22. The summed E-state index contributed by atoms with van der Waals surface area (Å²) in [6, 6.07) is -0.352. The number of hydrogen-bond acceptors (Lipinski definition) is 4. The van der Waals surface area contributed by atoms with Crippen LogP contribution in [-0.2, 0) is 14.8 Å². The van der Waals surface area contributed by atoms with Crippen LogP contribution in [0.25, 0.3) is 0 Å². The highest BCUT2D eigenvalue weighted by molar-refractivity contribution is 7.89. The Morgan fingerprint density at radius 3 is 2.35 bits per heavy atom. The first-order valence-corrected chi connectivity index (χ1v) is 7.45. The summed E-state index contributed by atoms with van der Waals surface area (Å²) in [6.07, 6.45) is 0.962. The van der Waals surface area contributed by atoms with Crippen molar-refractivity contribution in [2.75, 3.05) is 26.1 Å². The van der Waals surface area contributed by atoms with Crippen LogP contribution in [0.15, 0.2) is 0 Å². The zero-order valence-electron chi connectivity index (χ0n) is 11.2. The number of sulfonamides is 1. The lowest BCUT2D eigenvalue weighted by Gasteiger charge is -2.20. The van der Waals surface area contributed by atoms with E-state index in [1.165, 1.54) is 7.11 Å². The van der Waals surface area contributed by atoms with Gasteiger partial charge in [0, 0.05) is 19.8 Å². The topological polar surface area (TPSA) is 75.6 Å². The van der Waals surface area contributed by atoms with E-state index in [4.69, 9.17) is 9.84 Å². The molecule has 5 nitrogen and oxygen atoms in total. The van der Waals surface area contributed by atoms with Gasteiger partial charge in [-0.2, -0.15) is 0 Å². The summed E-state index contributed by atoms with van der Waals surface area (Å²) in [5, 5.41) is 8.83. The van der Waals surface area contributed by atoms with Crippen molar-refractivity contribution in [3.8, 4) is 0 Å². The molecule has 0 fully saturated rings. The lowest BCUT2D eigenvalue weighted by molar-refractivity contribution is 0.158. The van der Waals surface area contributed by atoms with E-state index in [0.29, 0.717) is 12.8 Å². The molecule has 104 valence electrons. The van der Waals surface area contributed by atoms with E-state index in [0.717, 1.165) is 0 Å². The van der Waals surface area contributed by atoms with Crippen LogP contribution >= 0.6 is 0 Å². The Kier molecular flexibility index (Phi) is 7.23. The number of hydrogen-bond donors (Lipinski definition) is 2. The lowest BCUT2D eigenvalue weighted by atomic mass is 9.94. The standard InChI is InChI=1S/C11H25NO4S/c1-11(2,3)6-8-17(14,15)12-10(5-7-13)9-16-4/h10,12-13H,5-9H2,1-4H3. The van der Waals surface area contributed by atoms with E-state index >= 15 is 0 Å². The molecule has 1 atom stereocenters. The summed E-state index contributed by atoms with van der Waals surface area (Å²) in [5.41, 5.74) is -0.0114. The van der Waals surface area contributed by atoms with Crippen molar-refractivity contribution in [3.05, 3.63) is 0 Å². The van der Waals surface area contributed by atoms with Crippen molar-refractivity contribution in [1.29, 1.82) is 0 Å². The Hall–Kier alpha value is -0.170. The quantitative estimate of drug-likeness (QED) is 0.680. The molecular weight excluding hydrogens is 242 g/mol. The van der Waals surface area contributed by atoms with Crippen molar-refractivity contribution in [2.45, 2.75) is 39.7 Å². The maximum Gasteiger partial charge on any atom is 0.211 e. The number of methoxy groups -OCH3 is 1. The van der Waals surface area contributed by atoms with Crippen LogP contribution in [0.1, 0.15) is 33.6 Å². The van der Waals surface area contributed by atoms with E-state index in [1.807, 2.05) is 20.8 Å². The molecule has 2 N–H and O–H groups in total. The highest BCUT2D eigenvalue weighted by Crippen LogP contribution is 2.19. The average molecular weight is 267 g/mol. The minimum atomic E-state index is -3.30. The third kappa shape index (κ3) is 9.52. The Bertz CT molecular complexity index is 289. The van der Waals surface area contributed by atoms with Crippen LogP contribution in [0.4, 0.5) is 0 Å². The zero-order valence-corrected chi connectivity index (χ0v) is 12.0. The van der Waals surface area contributed by atoms with Gasteiger partial charge in [0.15, 0.2) is 0 Å². The number of nitrogens with one attached hydrogen (secondary N) is 1. The first-order chi connectivity index (χ1) is 7.70. The Labute approximate surface area is 105 Å². The molecule has 0 aliphatic heterocycles. The van der Waals surface area contributed by atoms with Crippen LogP contribution < -0.4 is 4.72 Å². The van der Waals surface area contributed by atoms with Gasteiger partial charge in [-0.15, -0.1) is 0 Å². The summed E-state index contributed by atoms with van der Waals surface area (Å²) >= 11 is 0. The first-order valence-electron chi connectivity index (χ1n) is 5.80. The largest absolute Gasteiger partial charge is 0.396 e. The van der Waals surface area contributed by atoms with Crippen molar-refractivity contribution < 1.29 is 18.3 Å². The second kappa shape index (κ2) is 7.31. The van der Waals surface area contributed by atoms with Crippen molar-refractivity contribution in [1.82, 2.24) is 4.72 Å². The molecule has 0 saturated heterocycles. The number of rotatable bonds is 8. The van der Waals surface area contributed by atoms with Gasteiger partial charge >= 0.3 is 0 Å². The molecule has 0 aliphatic carbocycles. The number of aliphatic hydroxyl groups is 1. The highest BCUT2D eigenvalue weighted by atomic mass is 32.2. The van der Waals surface area contributed by atoms with Crippen LogP contribution in [0, 0.1) is 5.41 Å². The molecule has 0 heterocycles. The lowest BCUT2D eigenvalue weighted by Crippen LogP contribution is -2.40. The van der Waals surface area contributed by atoms with Gasteiger partial charge in [0.25, 0.3) is 0 Å². The zero-order chi connectivity index (χ0) is 13.5. The minimum absolute atomic E-state index is 0.0114. The van der Waals surface area contributed by atoms with Gasteiger partial charge in [-0.1, -0.05) is 20.8 Å². The summed E-state index contributed by atoms with van der Waals surface area (Å²) in [4.78, 5) is 0. The van der Waals surface area contributed by atoms with Crippen LogP contribution in [-0.4, -0.2) is 45.6 Å². The molecular formula is C11H25NO4S. The molecule has 0 aromatic heterocycles. The minimum Gasteiger partial charge on any atom is -0.396 e. The first kappa shape index (κ1) is 16.8. The number of ether oxygens (including phenoxy) is 1. The monoisotopic (exact) mass is 267 g/mol. The van der Waals surface area contributed by atoms with E-state index < -0.39 is 10.0 Å². The Balaban J connectivity index is 4.30. The Morgan fingerprint density at radius 1 is 1.35 bits per heavy atom. The average Bonchev–Trinajstić information content (AvgIpc) is 2.14. The van der Waals surface area contributed by atoms with Gasteiger partial charge in [0.2, 0.25) is 10.0 Å². The van der Waals surface area contributed by atoms with Gasteiger partial charge in [-0.05, 0) is 18.3 Å². The van der Waals surface area contributed by atoms with Gasteiger partial charge in [-0.3, -0.25) is 0 Å². The Morgan fingerprint density at radius 2 is 1.94 bits per heavy atom. The third-order valence-electron chi connectivity index (χ3n) is 2.31. The molecule has 0 amide bonds. The molecule has 0 bridgehead atoms. The highest BCUT2D eigenvalue weighted by Gasteiger charge is 2.20. The normalized spacial score (nSPS) is 14.9. The van der Waals surface area contributed by atoms with E-state index in [1.54, 1.807) is 0 Å². The third-order valence-corrected chi connectivity index (χ3v) is 3.75. The fourth-order valence-corrected chi connectivity index (χ4v) is 2.98. The van der Waals surface area contributed by atoms with Crippen LogP contribution in [0.3, 0.4) is 0 Å². The molecule has 0 saturated carbocycles. The molecule has 0 rings (SSSR count). The molecule has 0 aliphatic rings. The molecule has 17 heavy (non-hydrogen) atoms. The second-order valence-corrected chi connectivity index (χ2v) is 7.29. The van der Waals surface area contributed by atoms with E-state index in [9.17, 15) is 8.42 Å². The van der Waals surface area contributed by atoms with Gasteiger partial charge in [-0.25, -0.2) is 13.1 Å². The van der Waals surface area contributed by atoms with Crippen LogP contribution in [0.2, 0.25) is 0 Å².